The lowest BCUT2D eigenvalue weighted by Gasteiger charge is -2.24. The standard InChI is InChI=1S/C24H24IN3O3S/c1-18(2)20-10-14-22(15-11-20)28(32(30,31)23-6-4-3-5-7-23)17-24(29)27-26-16-19-8-12-21(25)13-9-19/h3-16,18H,17H2,1-2H3,(H,27,29)/b26-16+. The molecule has 0 aliphatic rings. The number of amides is 1. The van der Waals surface area contributed by atoms with Gasteiger partial charge in [0.1, 0.15) is 6.54 Å². The van der Waals surface area contributed by atoms with E-state index in [2.05, 4.69) is 47.0 Å². The number of carbonyl (C=O) groups excluding carboxylic acids is 1. The lowest BCUT2D eigenvalue weighted by Crippen LogP contribution is -2.39. The summed E-state index contributed by atoms with van der Waals surface area (Å²) in [5.41, 5.74) is 4.74. The number of hydrogen-bond donors (Lipinski definition) is 1. The number of hydrazone groups is 1. The minimum atomic E-state index is -3.94. The molecule has 0 bridgehead atoms. The highest BCUT2D eigenvalue weighted by atomic mass is 127. The maximum absolute atomic E-state index is 13.3. The monoisotopic (exact) mass is 561 g/mol. The van der Waals surface area contributed by atoms with Gasteiger partial charge in [-0.1, -0.05) is 56.3 Å². The Kier molecular flexibility index (Phi) is 8.03. The molecular weight excluding hydrogens is 537 g/mol. The zero-order chi connectivity index (χ0) is 23.1. The molecule has 0 aromatic heterocycles. The van der Waals surface area contributed by atoms with Crippen molar-refractivity contribution in [1.82, 2.24) is 5.43 Å². The summed E-state index contributed by atoms with van der Waals surface area (Å²) in [6.45, 7) is 3.72. The highest BCUT2D eigenvalue weighted by molar-refractivity contribution is 14.1. The van der Waals surface area contributed by atoms with Gasteiger partial charge in [-0.3, -0.25) is 9.10 Å². The van der Waals surface area contributed by atoms with Crippen LogP contribution < -0.4 is 9.73 Å². The number of rotatable bonds is 8. The van der Waals surface area contributed by atoms with Crippen LogP contribution in [-0.4, -0.2) is 27.1 Å². The third-order valence-electron chi connectivity index (χ3n) is 4.74. The van der Waals surface area contributed by atoms with Gasteiger partial charge < -0.3 is 0 Å². The molecule has 0 aliphatic heterocycles. The molecule has 6 nitrogen and oxygen atoms in total. The molecule has 1 amide bonds. The fraction of sp³-hybridized carbons (Fsp3) is 0.167. The summed E-state index contributed by atoms with van der Waals surface area (Å²) in [5.74, 6) is -0.235. The van der Waals surface area contributed by atoms with E-state index in [4.69, 9.17) is 0 Å². The third kappa shape index (κ3) is 6.17. The number of benzene rings is 3. The van der Waals surface area contributed by atoms with Crippen LogP contribution in [0.1, 0.15) is 30.9 Å². The second-order valence-electron chi connectivity index (χ2n) is 7.42. The number of halogens is 1. The summed E-state index contributed by atoms with van der Waals surface area (Å²) in [6, 6.07) is 22.9. The highest BCUT2D eigenvalue weighted by Crippen LogP contribution is 2.25. The molecule has 32 heavy (non-hydrogen) atoms. The van der Waals surface area contributed by atoms with Crippen molar-refractivity contribution >= 4 is 50.4 Å². The van der Waals surface area contributed by atoms with Crippen molar-refractivity contribution in [2.45, 2.75) is 24.7 Å². The van der Waals surface area contributed by atoms with Gasteiger partial charge >= 0.3 is 0 Å². The van der Waals surface area contributed by atoms with E-state index in [9.17, 15) is 13.2 Å². The summed E-state index contributed by atoms with van der Waals surface area (Å²) < 4.78 is 28.8. The topological polar surface area (TPSA) is 78.8 Å². The molecule has 0 aliphatic carbocycles. The van der Waals surface area contributed by atoms with E-state index in [0.717, 1.165) is 19.0 Å². The molecule has 3 aromatic carbocycles. The van der Waals surface area contributed by atoms with E-state index in [1.165, 1.54) is 18.3 Å². The molecular formula is C24H24IN3O3S. The van der Waals surface area contributed by atoms with E-state index in [1.807, 2.05) is 36.4 Å². The van der Waals surface area contributed by atoms with Crippen LogP contribution in [0, 0.1) is 3.57 Å². The highest BCUT2D eigenvalue weighted by Gasteiger charge is 2.27. The Bertz CT molecular complexity index is 1180. The number of sulfonamides is 1. The Morgan fingerprint density at radius 2 is 1.62 bits per heavy atom. The van der Waals surface area contributed by atoms with Gasteiger partial charge in [0.15, 0.2) is 0 Å². The molecule has 0 unspecified atom stereocenters. The summed E-state index contributed by atoms with van der Waals surface area (Å²) in [5, 5.41) is 3.96. The van der Waals surface area contributed by atoms with Crippen LogP contribution in [0.4, 0.5) is 5.69 Å². The Morgan fingerprint density at radius 1 is 1.00 bits per heavy atom. The second-order valence-corrected chi connectivity index (χ2v) is 10.5. The van der Waals surface area contributed by atoms with Crippen molar-refractivity contribution in [1.29, 1.82) is 0 Å². The van der Waals surface area contributed by atoms with Crippen molar-refractivity contribution in [2.75, 3.05) is 10.8 Å². The van der Waals surface area contributed by atoms with Crippen LogP contribution >= 0.6 is 22.6 Å². The molecule has 0 atom stereocenters. The van der Waals surface area contributed by atoms with Crippen molar-refractivity contribution in [2.24, 2.45) is 5.10 Å². The van der Waals surface area contributed by atoms with Crippen molar-refractivity contribution in [3.63, 3.8) is 0 Å². The predicted molar refractivity (Wildman–Crippen MR) is 136 cm³/mol. The van der Waals surface area contributed by atoms with Crippen LogP contribution in [0.15, 0.2) is 88.9 Å². The summed E-state index contributed by atoms with van der Waals surface area (Å²) in [6.07, 6.45) is 1.52. The third-order valence-corrected chi connectivity index (χ3v) is 7.25. The SMILES string of the molecule is CC(C)c1ccc(N(CC(=O)N/N=C/c2ccc(I)cc2)S(=O)(=O)c2ccccc2)cc1. The molecule has 0 saturated heterocycles. The molecule has 0 fully saturated rings. The van der Waals surface area contributed by atoms with Gasteiger partial charge in [-0.05, 0) is 76.0 Å². The van der Waals surface area contributed by atoms with Crippen LogP contribution in [-0.2, 0) is 14.8 Å². The Morgan fingerprint density at radius 3 is 2.22 bits per heavy atom. The molecule has 8 heteroatoms. The number of nitrogens with one attached hydrogen (secondary N) is 1. The molecule has 0 spiro atoms. The van der Waals surface area contributed by atoms with E-state index in [-0.39, 0.29) is 4.90 Å². The molecule has 0 saturated carbocycles. The molecule has 166 valence electrons. The Hall–Kier alpha value is -2.72. The lowest BCUT2D eigenvalue weighted by atomic mass is 10.0. The summed E-state index contributed by atoms with van der Waals surface area (Å²) >= 11 is 2.20. The van der Waals surface area contributed by atoms with Crippen LogP contribution in [0.25, 0.3) is 0 Å². The van der Waals surface area contributed by atoms with Gasteiger partial charge in [0.25, 0.3) is 15.9 Å². The fourth-order valence-corrected chi connectivity index (χ4v) is 4.76. The number of anilines is 1. The van der Waals surface area contributed by atoms with Gasteiger partial charge in [0.05, 0.1) is 16.8 Å². The second kappa shape index (κ2) is 10.7. The maximum atomic E-state index is 13.3. The van der Waals surface area contributed by atoms with Crippen LogP contribution in [0.5, 0.6) is 0 Å². The molecule has 3 aromatic rings. The van der Waals surface area contributed by atoms with Crippen molar-refractivity contribution in [3.05, 3.63) is 93.6 Å². The number of hydrogen-bond acceptors (Lipinski definition) is 4. The van der Waals surface area contributed by atoms with Gasteiger partial charge in [0, 0.05) is 3.57 Å². The number of carbonyl (C=O) groups is 1. The van der Waals surface area contributed by atoms with Crippen LogP contribution in [0.2, 0.25) is 0 Å². The van der Waals surface area contributed by atoms with Gasteiger partial charge in [-0.25, -0.2) is 13.8 Å². The molecule has 0 radical (unpaired) electrons. The fourth-order valence-electron chi connectivity index (χ4n) is 2.95. The molecule has 1 N–H and O–H groups in total. The number of nitrogens with zero attached hydrogens (tertiary/aromatic N) is 2. The van der Waals surface area contributed by atoms with E-state index < -0.39 is 22.5 Å². The first-order valence-electron chi connectivity index (χ1n) is 10.0. The average Bonchev–Trinajstić information content (AvgIpc) is 2.79. The van der Waals surface area contributed by atoms with Gasteiger partial charge in [-0.15, -0.1) is 0 Å². The Balaban J connectivity index is 1.83. The lowest BCUT2D eigenvalue weighted by molar-refractivity contribution is -0.119. The summed E-state index contributed by atoms with van der Waals surface area (Å²) in [4.78, 5) is 12.7. The zero-order valence-corrected chi connectivity index (χ0v) is 20.7. The van der Waals surface area contributed by atoms with E-state index in [0.29, 0.717) is 11.6 Å². The van der Waals surface area contributed by atoms with Crippen LogP contribution in [0.3, 0.4) is 0 Å². The average molecular weight is 561 g/mol. The minimum Gasteiger partial charge on any atom is -0.271 e. The largest absolute Gasteiger partial charge is 0.271 e. The van der Waals surface area contributed by atoms with Gasteiger partial charge in [-0.2, -0.15) is 5.10 Å². The first kappa shape index (κ1) is 23.9. The smallest absolute Gasteiger partial charge is 0.264 e. The zero-order valence-electron chi connectivity index (χ0n) is 17.8. The summed E-state index contributed by atoms with van der Waals surface area (Å²) in [7, 11) is -3.94. The first-order chi connectivity index (χ1) is 15.3. The van der Waals surface area contributed by atoms with Crippen molar-refractivity contribution in [3.8, 4) is 0 Å². The normalized spacial score (nSPS) is 11.6. The molecule has 3 rings (SSSR count). The quantitative estimate of drug-likeness (QED) is 0.245. The first-order valence-corrected chi connectivity index (χ1v) is 12.5. The van der Waals surface area contributed by atoms with Crippen molar-refractivity contribution < 1.29 is 13.2 Å². The van der Waals surface area contributed by atoms with E-state index in [1.54, 1.807) is 30.3 Å². The maximum Gasteiger partial charge on any atom is 0.264 e. The minimum absolute atomic E-state index is 0.114. The Labute approximate surface area is 202 Å². The van der Waals surface area contributed by atoms with E-state index >= 15 is 0 Å². The predicted octanol–water partition coefficient (Wildman–Crippen LogP) is 4.76. The molecule has 0 heterocycles. The van der Waals surface area contributed by atoms with Gasteiger partial charge in [0.2, 0.25) is 0 Å².